The summed E-state index contributed by atoms with van der Waals surface area (Å²) in [7, 11) is 0. The third-order valence-electron chi connectivity index (χ3n) is 0.672. The van der Waals surface area contributed by atoms with Crippen molar-refractivity contribution in [3.8, 4) is 6.07 Å². The molecule has 0 saturated carbocycles. The maximum atomic E-state index is 10.0. The summed E-state index contributed by atoms with van der Waals surface area (Å²) >= 11 is 0. The molecule has 0 heterocycles. The van der Waals surface area contributed by atoms with Gasteiger partial charge >= 0.3 is 6.03 Å². The van der Waals surface area contributed by atoms with E-state index in [4.69, 9.17) is 5.26 Å². The van der Waals surface area contributed by atoms with Crippen LogP contribution in [0, 0.1) is 11.3 Å². The molecular formula is C5H8N4O. The Morgan fingerprint density at radius 2 is 2.20 bits per heavy atom. The van der Waals surface area contributed by atoms with Crippen LogP contribution < -0.4 is 5.73 Å². The number of nitrogens with zero attached hydrogens (tertiary/aromatic N) is 3. The highest BCUT2D eigenvalue weighted by Gasteiger charge is 2.14. The number of primary amides is 1. The van der Waals surface area contributed by atoms with Crippen LogP contribution in [0.15, 0.2) is 10.2 Å². The predicted octanol–water partition coefficient (Wildman–Crippen LogP) is 0.819. The largest absolute Gasteiger partial charge is 0.356 e. The van der Waals surface area contributed by atoms with Gasteiger partial charge in [-0.25, -0.2) is 4.79 Å². The Hall–Kier alpha value is -1.44. The fourth-order valence-corrected chi connectivity index (χ4v) is 0.197. The average Bonchev–Trinajstić information content (AvgIpc) is 1.85. The zero-order valence-corrected chi connectivity index (χ0v) is 5.83. The standard InChI is InChI=1S/C5H8N4O/c1-5(2,3-6)9-8-4(7)10/h1-2H3,(H2,7,10)/b9-8+. The molecular weight excluding hydrogens is 132 g/mol. The van der Waals surface area contributed by atoms with Crippen LogP contribution in [-0.4, -0.2) is 11.6 Å². The van der Waals surface area contributed by atoms with E-state index in [1.807, 2.05) is 6.07 Å². The van der Waals surface area contributed by atoms with E-state index in [9.17, 15) is 4.79 Å². The van der Waals surface area contributed by atoms with Crippen molar-refractivity contribution in [2.45, 2.75) is 19.4 Å². The molecule has 0 aromatic rings. The highest BCUT2D eigenvalue weighted by molar-refractivity contribution is 5.71. The van der Waals surface area contributed by atoms with Crippen LogP contribution in [0.25, 0.3) is 0 Å². The molecule has 0 aliphatic carbocycles. The van der Waals surface area contributed by atoms with Crippen molar-refractivity contribution < 1.29 is 4.79 Å². The van der Waals surface area contributed by atoms with Crippen molar-refractivity contribution in [3.63, 3.8) is 0 Å². The van der Waals surface area contributed by atoms with E-state index in [2.05, 4.69) is 16.0 Å². The second-order valence-corrected chi connectivity index (χ2v) is 2.21. The maximum absolute atomic E-state index is 10.0. The van der Waals surface area contributed by atoms with Crippen molar-refractivity contribution in [1.29, 1.82) is 5.26 Å². The fourth-order valence-electron chi connectivity index (χ4n) is 0.197. The quantitative estimate of drug-likeness (QED) is 0.546. The molecule has 0 fully saturated rings. The van der Waals surface area contributed by atoms with Gasteiger partial charge in [-0.15, -0.1) is 0 Å². The van der Waals surface area contributed by atoms with Gasteiger partial charge in [0.1, 0.15) is 0 Å². The Balaban J connectivity index is 4.16. The molecule has 5 heteroatoms. The number of nitrogens with two attached hydrogens (primary N) is 1. The molecule has 2 N–H and O–H groups in total. The second kappa shape index (κ2) is 2.92. The van der Waals surface area contributed by atoms with Crippen LogP contribution in [0.4, 0.5) is 4.79 Å². The number of nitriles is 1. The predicted molar refractivity (Wildman–Crippen MR) is 34.1 cm³/mol. The first kappa shape index (κ1) is 8.56. The molecule has 0 aromatic heterocycles. The molecule has 2 amide bonds. The minimum atomic E-state index is -0.963. The van der Waals surface area contributed by atoms with Crippen LogP contribution in [0.2, 0.25) is 0 Å². The maximum Gasteiger partial charge on any atom is 0.356 e. The van der Waals surface area contributed by atoms with E-state index >= 15 is 0 Å². The molecule has 0 radical (unpaired) electrons. The highest BCUT2D eigenvalue weighted by Crippen LogP contribution is 2.06. The molecule has 54 valence electrons. The van der Waals surface area contributed by atoms with Crippen LogP contribution in [0.3, 0.4) is 0 Å². The topological polar surface area (TPSA) is 91.6 Å². The van der Waals surface area contributed by atoms with Crippen LogP contribution in [0.5, 0.6) is 0 Å². The molecule has 0 rings (SSSR count). The molecule has 0 unspecified atom stereocenters. The number of carbonyl (C=O) groups is 1. The molecule has 5 nitrogen and oxygen atoms in total. The summed E-state index contributed by atoms with van der Waals surface area (Å²) in [6.45, 7) is 3.05. The lowest BCUT2D eigenvalue weighted by molar-refractivity contribution is 0.254. The van der Waals surface area contributed by atoms with E-state index in [1.165, 1.54) is 13.8 Å². The number of azo groups is 1. The Morgan fingerprint density at radius 1 is 1.70 bits per heavy atom. The summed E-state index contributed by atoms with van der Waals surface area (Å²) in [6.07, 6.45) is 0. The van der Waals surface area contributed by atoms with Gasteiger partial charge in [-0.05, 0) is 13.8 Å². The van der Waals surface area contributed by atoms with Gasteiger partial charge in [-0.2, -0.15) is 10.4 Å². The molecule has 0 aliphatic rings. The number of amides is 2. The van der Waals surface area contributed by atoms with Crippen molar-refractivity contribution >= 4 is 6.03 Å². The number of urea groups is 1. The zero-order valence-electron chi connectivity index (χ0n) is 5.83. The summed E-state index contributed by atoms with van der Waals surface area (Å²) in [5.74, 6) is 0. The van der Waals surface area contributed by atoms with Crippen LogP contribution >= 0.6 is 0 Å². The van der Waals surface area contributed by atoms with Crippen LogP contribution in [-0.2, 0) is 0 Å². The first-order valence-corrected chi connectivity index (χ1v) is 2.61. The molecule has 0 bridgehead atoms. The van der Waals surface area contributed by atoms with Gasteiger partial charge in [-0.3, -0.25) is 0 Å². The van der Waals surface area contributed by atoms with Crippen molar-refractivity contribution in [3.05, 3.63) is 0 Å². The van der Waals surface area contributed by atoms with Gasteiger partial charge in [0.25, 0.3) is 0 Å². The smallest absolute Gasteiger partial charge is 0.348 e. The van der Waals surface area contributed by atoms with Gasteiger partial charge in [0.15, 0.2) is 5.54 Å². The highest BCUT2D eigenvalue weighted by atomic mass is 16.2. The molecule has 10 heavy (non-hydrogen) atoms. The summed E-state index contributed by atoms with van der Waals surface area (Å²) in [5, 5.41) is 14.7. The fraction of sp³-hybridized carbons (Fsp3) is 0.600. The molecule has 0 atom stereocenters. The number of carbonyl (C=O) groups excluding carboxylic acids is 1. The van der Waals surface area contributed by atoms with E-state index in [1.54, 1.807) is 0 Å². The van der Waals surface area contributed by atoms with Gasteiger partial charge in [0, 0.05) is 0 Å². The van der Waals surface area contributed by atoms with Gasteiger partial charge in [0.05, 0.1) is 6.07 Å². The summed E-state index contributed by atoms with van der Waals surface area (Å²) in [6, 6.07) is 0.943. The summed E-state index contributed by atoms with van der Waals surface area (Å²) in [4.78, 5) is 10.0. The molecule has 0 aliphatic heterocycles. The summed E-state index contributed by atoms with van der Waals surface area (Å²) < 4.78 is 0. The van der Waals surface area contributed by atoms with Crippen molar-refractivity contribution in [2.24, 2.45) is 16.0 Å². The average molecular weight is 140 g/mol. The molecule has 0 aromatic carbocycles. The third-order valence-corrected chi connectivity index (χ3v) is 0.672. The third kappa shape index (κ3) is 3.55. The number of hydrogen-bond acceptors (Lipinski definition) is 3. The first-order chi connectivity index (χ1) is 4.48. The van der Waals surface area contributed by atoms with E-state index < -0.39 is 11.6 Å². The Bertz CT molecular complexity index is 200. The number of hydrogen-bond donors (Lipinski definition) is 1. The van der Waals surface area contributed by atoms with Gasteiger partial charge < -0.3 is 5.73 Å². The van der Waals surface area contributed by atoms with Gasteiger partial charge in [0.2, 0.25) is 0 Å². The normalized spacial score (nSPS) is 11.3. The second-order valence-electron chi connectivity index (χ2n) is 2.21. The lowest BCUT2D eigenvalue weighted by atomic mass is 10.1. The summed E-state index contributed by atoms with van der Waals surface area (Å²) in [5.41, 5.74) is 3.68. The van der Waals surface area contributed by atoms with E-state index in [0.717, 1.165) is 0 Å². The SMILES string of the molecule is CC(C)(C#N)/N=N/C(N)=O. The first-order valence-electron chi connectivity index (χ1n) is 2.61. The van der Waals surface area contributed by atoms with Crippen molar-refractivity contribution in [1.82, 2.24) is 0 Å². The minimum Gasteiger partial charge on any atom is -0.348 e. The van der Waals surface area contributed by atoms with Gasteiger partial charge in [-0.1, -0.05) is 5.11 Å². The monoisotopic (exact) mass is 140 g/mol. The minimum absolute atomic E-state index is 0.886. The molecule has 0 spiro atoms. The molecule has 0 saturated heterocycles. The Labute approximate surface area is 58.5 Å². The Kier molecular flexibility index (Phi) is 2.50. The lowest BCUT2D eigenvalue weighted by Gasteiger charge is -2.03. The van der Waals surface area contributed by atoms with E-state index in [-0.39, 0.29) is 0 Å². The Morgan fingerprint density at radius 3 is 2.50 bits per heavy atom. The van der Waals surface area contributed by atoms with Crippen molar-refractivity contribution in [2.75, 3.05) is 0 Å². The number of rotatable bonds is 1. The lowest BCUT2D eigenvalue weighted by Crippen LogP contribution is -2.13. The van der Waals surface area contributed by atoms with E-state index in [0.29, 0.717) is 0 Å². The zero-order chi connectivity index (χ0) is 8.20. The van der Waals surface area contributed by atoms with Crippen LogP contribution in [0.1, 0.15) is 13.8 Å².